The number of nitrogens with one attached hydrogen (secondary N) is 1. The lowest BCUT2D eigenvalue weighted by molar-refractivity contribution is -0.0545. The van der Waals surface area contributed by atoms with Crippen molar-refractivity contribution >= 4 is 6.03 Å². The molecule has 1 heterocycles. The maximum absolute atomic E-state index is 12.3. The van der Waals surface area contributed by atoms with E-state index in [1.807, 2.05) is 13.8 Å². The molecule has 24 heavy (non-hydrogen) atoms. The van der Waals surface area contributed by atoms with E-state index in [4.69, 9.17) is 4.74 Å². The van der Waals surface area contributed by atoms with Gasteiger partial charge in [-0.1, -0.05) is 12.1 Å². The van der Waals surface area contributed by atoms with Gasteiger partial charge >= 0.3 is 12.6 Å². The van der Waals surface area contributed by atoms with Crippen molar-refractivity contribution in [3.05, 3.63) is 29.8 Å². The van der Waals surface area contributed by atoms with E-state index in [0.29, 0.717) is 13.1 Å². The van der Waals surface area contributed by atoms with Gasteiger partial charge in [-0.15, -0.1) is 0 Å². The van der Waals surface area contributed by atoms with Gasteiger partial charge in [0.25, 0.3) is 0 Å². The summed E-state index contributed by atoms with van der Waals surface area (Å²) in [5.74, 6) is 0.372. The van der Waals surface area contributed by atoms with Crippen LogP contribution in [0.2, 0.25) is 0 Å². The van der Waals surface area contributed by atoms with E-state index in [9.17, 15) is 13.6 Å². The molecule has 0 bridgehead atoms. The topological polar surface area (TPSA) is 50.8 Å². The van der Waals surface area contributed by atoms with Gasteiger partial charge in [0.1, 0.15) is 5.75 Å². The van der Waals surface area contributed by atoms with Crippen LogP contribution in [0.3, 0.4) is 0 Å². The number of urea groups is 1. The lowest BCUT2D eigenvalue weighted by atomic mass is 10.1. The number of nitrogens with zero attached hydrogens (tertiary/aromatic N) is 1. The Hall–Kier alpha value is -1.89. The van der Waals surface area contributed by atoms with Crippen LogP contribution >= 0.6 is 0 Å². The van der Waals surface area contributed by atoms with Gasteiger partial charge in [0.2, 0.25) is 0 Å². The van der Waals surface area contributed by atoms with Crippen LogP contribution in [-0.2, 0) is 4.74 Å². The number of benzene rings is 1. The predicted octanol–water partition coefficient (Wildman–Crippen LogP) is 2.96. The van der Waals surface area contributed by atoms with Crippen LogP contribution in [0.4, 0.5) is 13.6 Å². The second-order valence-electron chi connectivity index (χ2n) is 6.51. The summed E-state index contributed by atoms with van der Waals surface area (Å²) in [4.78, 5) is 14.1. The van der Waals surface area contributed by atoms with E-state index in [-0.39, 0.29) is 35.9 Å². The number of carbonyl (C=O) groups is 1. The van der Waals surface area contributed by atoms with Gasteiger partial charge in [0.15, 0.2) is 0 Å². The molecule has 3 rings (SSSR count). The number of morpholine rings is 1. The molecule has 1 aliphatic heterocycles. The van der Waals surface area contributed by atoms with Gasteiger partial charge in [-0.3, -0.25) is 0 Å². The molecule has 1 aromatic rings. The fourth-order valence-electron chi connectivity index (χ4n) is 3.21. The minimum Gasteiger partial charge on any atom is -0.435 e. The van der Waals surface area contributed by atoms with Gasteiger partial charge < -0.3 is 19.7 Å². The second kappa shape index (κ2) is 6.93. The highest BCUT2D eigenvalue weighted by molar-refractivity contribution is 5.75. The molecule has 2 amide bonds. The molecule has 132 valence electrons. The molecule has 5 nitrogen and oxygen atoms in total. The molecule has 4 atom stereocenters. The molecule has 0 spiro atoms. The van der Waals surface area contributed by atoms with Crippen molar-refractivity contribution in [2.24, 2.45) is 0 Å². The molecule has 1 saturated heterocycles. The number of ether oxygens (including phenoxy) is 2. The van der Waals surface area contributed by atoms with Crippen LogP contribution in [0, 0.1) is 0 Å². The van der Waals surface area contributed by atoms with E-state index < -0.39 is 6.61 Å². The van der Waals surface area contributed by atoms with E-state index in [1.54, 1.807) is 17.0 Å². The lowest BCUT2D eigenvalue weighted by Crippen LogP contribution is -2.52. The largest absolute Gasteiger partial charge is 0.435 e. The third kappa shape index (κ3) is 4.14. The summed E-state index contributed by atoms with van der Waals surface area (Å²) in [5.41, 5.74) is 1.02. The van der Waals surface area contributed by atoms with Crippen molar-refractivity contribution in [2.45, 2.75) is 51.0 Å². The summed E-state index contributed by atoms with van der Waals surface area (Å²) in [5, 5.41) is 3.04. The molecule has 2 aliphatic rings. The molecule has 0 unspecified atom stereocenters. The SMILES string of the molecule is C[C@@H]1CN(C(=O)N[C@@H]2C[C@H]2c2ccc(OC(F)F)cc2)C[C@H](C)O1. The lowest BCUT2D eigenvalue weighted by Gasteiger charge is -2.35. The average molecular weight is 340 g/mol. The number of halogens is 2. The number of carbonyl (C=O) groups excluding carboxylic acids is 1. The van der Waals surface area contributed by atoms with E-state index >= 15 is 0 Å². The third-order valence-electron chi connectivity index (χ3n) is 4.34. The van der Waals surface area contributed by atoms with Crippen molar-refractivity contribution in [2.75, 3.05) is 13.1 Å². The van der Waals surface area contributed by atoms with Crippen molar-refractivity contribution in [3.8, 4) is 5.75 Å². The van der Waals surface area contributed by atoms with Crippen molar-refractivity contribution < 1.29 is 23.0 Å². The molecule has 0 radical (unpaired) electrons. The van der Waals surface area contributed by atoms with Crippen molar-refractivity contribution in [3.63, 3.8) is 0 Å². The minimum absolute atomic E-state index is 0.0388. The zero-order valence-electron chi connectivity index (χ0n) is 13.7. The average Bonchev–Trinajstić information content (AvgIpc) is 3.25. The van der Waals surface area contributed by atoms with Crippen molar-refractivity contribution in [1.29, 1.82) is 0 Å². The molecule has 7 heteroatoms. The minimum atomic E-state index is -2.82. The van der Waals surface area contributed by atoms with E-state index in [0.717, 1.165) is 12.0 Å². The molecule has 1 saturated carbocycles. The molecule has 2 fully saturated rings. The third-order valence-corrected chi connectivity index (χ3v) is 4.34. The quantitative estimate of drug-likeness (QED) is 0.917. The van der Waals surface area contributed by atoms with Gasteiger partial charge in [-0.25, -0.2) is 4.79 Å². The fraction of sp³-hybridized carbons (Fsp3) is 0.588. The summed E-state index contributed by atoms with van der Waals surface area (Å²) >= 11 is 0. The van der Waals surface area contributed by atoms with Crippen LogP contribution < -0.4 is 10.1 Å². The highest BCUT2D eigenvalue weighted by atomic mass is 19.3. The number of rotatable bonds is 4. The number of hydrogen-bond acceptors (Lipinski definition) is 3. The summed E-state index contributed by atoms with van der Waals surface area (Å²) in [7, 11) is 0. The zero-order chi connectivity index (χ0) is 17.3. The Kier molecular flexibility index (Phi) is 4.89. The highest BCUT2D eigenvalue weighted by Crippen LogP contribution is 2.41. The maximum atomic E-state index is 12.3. The Labute approximate surface area is 139 Å². The van der Waals surface area contributed by atoms with Crippen LogP contribution in [0.1, 0.15) is 31.7 Å². The molecule has 1 aliphatic carbocycles. The Balaban J connectivity index is 1.51. The molecule has 1 N–H and O–H groups in total. The summed E-state index contributed by atoms with van der Waals surface area (Å²) < 4.78 is 34.3. The molecule has 0 aromatic heterocycles. The number of amides is 2. The first kappa shape index (κ1) is 17.0. The van der Waals surface area contributed by atoms with Crippen molar-refractivity contribution in [1.82, 2.24) is 10.2 Å². The van der Waals surface area contributed by atoms with Gasteiger partial charge in [0.05, 0.1) is 12.2 Å². The first-order chi connectivity index (χ1) is 11.4. The standard InChI is InChI=1S/C17H22F2N2O3/c1-10-8-21(9-11(2)23-10)17(22)20-15-7-14(15)12-3-5-13(6-4-12)24-16(18)19/h3-6,10-11,14-16H,7-9H2,1-2H3,(H,20,22)/t10-,11+,14-,15+/m0/s1. The Morgan fingerprint density at radius 2 is 1.88 bits per heavy atom. The first-order valence-corrected chi connectivity index (χ1v) is 8.18. The number of hydrogen-bond donors (Lipinski definition) is 1. The Morgan fingerprint density at radius 3 is 2.46 bits per heavy atom. The van der Waals surface area contributed by atoms with Crippen LogP contribution in [0.5, 0.6) is 5.75 Å². The Bertz CT molecular complexity index is 572. The fourth-order valence-corrected chi connectivity index (χ4v) is 3.21. The smallest absolute Gasteiger partial charge is 0.387 e. The van der Waals surface area contributed by atoms with Crippen LogP contribution in [-0.4, -0.2) is 48.9 Å². The molecule has 1 aromatic carbocycles. The molecular formula is C17H22F2N2O3. The van der Waals surface area contributed by atoms with Gasteiger partial charge in [0, 0.05) is 25.0 Å². The highest BCUT2D eigenvalue weighted by Gasteiger charge is 2.40. The summed E-state index contributed by atoms with van der Waals surface area (Å²) in [6.45, 7) is 2.28. The van der Waals surface area contributed by atoms with Crippen LogP contribution in [0.15, 0.2) is 24.3 Å². The van der Waals surface area contributed by atoms with Gasteiger partial charge in [-0.05, 0) is 38.0 Å². The second-order valence-corrected chi connectivity index (χ2v) is 6.51. The van der Waals surface area contributed by atoms with E-state index in [2.05, 4.69) is 10.1 Å². The van der Waals surface area contributed by atoms with E-state index in [1.165, 1.54) is 12.1 Å². The zero-order valence-corrected chi connectivity index (χ0v) is 13.7. The maximum Gasteiger partial charge on any atom is 0.387 e. The first-order valence-electron chi connectivity index (χ1n) is 8.18. The summed E-state index contributed by atoms with van der Waals surface area (Å²) in [6, 6.07) is 6.63. The van der Waals surface area contributed by atoms with Crippen LogP contribution in [0.25, 0.3) is 0 Å². The number of alkyl halides is 2. The monoisotopic (exact) mass is 340 g/mol. The Morgan fingerprint density at radius 1 is 1.25 bits per heavy atom. The predicted molar refractivity (Wildman–Crippen MR) is 84.3 cm³/mol. The summed E-state index contributed by atoms with van der Waals surface area (Å²) in [6.07, 6.45) is 0.935. The normalized spacial score (nSPS) is 29.5. The van der Waals surface area contributed by atoms with Gasteiger partial charge in [-0.2, -0.15) is 8.78 Å². The molecular weight excluding hydrogens is 318 g/mol.